The number of aliphatic imine (C=N–C) groups is 1. The number of hydrogen-bond donors (Lipinski definition) is 2. The Labute approximate surface area is 266 Å². The summed E-state index contributed by atoms with van der Waals surface area (Å²) >= 11 is 0. The number of alkyl halides is 7. The van der Waals surface area contributed by atoms with E-state index in [1.165, 1.54) is 66.9 Å². The van der Waals surface area contributed by atoms with Crippen molar-refractivity contribution in [3.63, 3.8) is 0 Å². The first-order valence-corrected chi connectivity index (χ1v) is 14.6. The number of hydrogen-bond acceptors (Lipinski definition) is 9. The van der Waals surface area contributed by atoms with E-state index in [2.05, 4.69) is 15.6 Å². The maximum atomic E-state index is 14.7. The smallest absolute Gasteiger partial charge is 0.354 e. The maximum absolute atomic E-state index is 14.7. The summed E-state index contributed by atoms with van der Waals surface area (Å²) < 4.78 is 122. The van der Waals surface area contributed by atoms with E-state index in [-0.39, 0.29) is 28.8 Å². The number of halogens is 7. The van der Waals surface area contributed by atoms with E-state index >= 15 is 0 Å². The van der Waals surface area contributed by atoms with E-state index < -0.39 is 59.0 Å². The highest BCUT2D eigenvalue weighted by Crippen LogP contribution is 2.52. The molecule has 0 amide bonds. The van der Waals surface area contributed by atoms with Crippen molar-refractivity contribution in [2.45, 2.75) is 29.2 Å². The quantitative estimate of drug-likeness (QED) is 0.0682. The monoisotopic (exact) mass is 699 g/mol. The number of nitrogens with zero attached hydrogens (tertiary/aromatic N) is 3. The zero-order valence-electron chi connectivity index (χ0n) is 24.0. The molecule has 0 aromatic heterocycles. The lowest BCUT2D eigenvalue weighted by Gasteiger charge is -2.28. The summed E-state index contributed by atoms with van der Waals surface area (Å²) in [5.41, 5.74) is -1.62. The van der Waals surface area contributed by atoms with Gasteiger partial charge < -0.3 is 10.6 Å². The van der Waals surface area contributed by atoms with Crippen molar-refractivity contribution in [2.24, 2.45) is 4.99 Å². The number of nitro groups is 2. The van der Waals surface area contributed by atoms with Crippen LogP contribution in [-0.4, -0.2) is 41.8 Å². The van der Waals surface area contributed by atoms with Gasteiger partial charge >= 0.3 is 17.4 Å². The molecule has 0 saturated heterocycles. The minimum absolute atomic E-state index is 0.0493. The van der Waals surface area contributed by atoms with Crippen LogP contribution in [0, 0.1) is 27.2 Å². The Morgan fingerprint density at radius 1 is 0.750 bits per heavy atom. The Morgan fingerprint density at radius 3 is 1.85 bits per heavy atom. The van der Waals surface area contributed by atoms with Crippen LogP contribution in [0.5, 0.6) is 0 Å². The zero-order chi connectivity index (χ0) is 35.7. The maximum Gasteiger partial charge on any atom is 0.461 e. The molecule has 0 unspecified atom stereocenters. The van der Waals surface area contributed by atoms with Gasteiger partial charge in [0.15, 0.2) is 0 Å². The van der Waals surface area contributed by atoms with E-state index in [1.54, 1.807) is 19.1 Å². The Morgan fingerprint density at radius 2 is 1.31 bits per heavy atom. The predicted molar refractivity (Wildman–Crippen MR) is 161 cm³/mol. The van der Waals surface area contributed by atoms with Crippen molar-refractivity contribution in [3.05, 3.63) is 116 Å². The summed E-state index contributed by atoms with van der Waals surface area (Å²) in [4.78, 5) is 23.2. The molecule has 0 atom stereocenters. The second-order valence-corrected chi connectivity index (χ2v) is 11.9. The third-order valence-electron chi connectivity index (χ3n) is 6.56. The molecular formula is C29H20F7N5O6S. The molecule has 4 aromatic carbocycles. The van der Waals surface area contributed by atoms with Crippen molar-refractivity contribution in [3.8, 4) is 0 Å². The van der Waals surface area contributed by atoms with E-state index in [0.717, 1.165) is 5.56 Å². The van der Waals surface area contributed by atoms with Crippen LogP contribution in [0.3, 0.4) is 0 Å². The highest BCUT2D eigenvalue weighted by Gasteiger charge is 2.79. The molecule has 19 heteroatoms. The molecule has 48 heavy (non-hydrogen) atoms. The number of anilines is 4. The lowest BCUT2D eigenvalue weighted by molar-refractivity contribution is -0.384. The van der Waals surface area contributed by atoms with E-state index in [1.807, 2.05) is 0 Å². The third kappa shape index (κ3) is 7.04. The largest absolute Gasteiger partial charge is 0.461 e. The first-order chi connectivity index (χ1) is 22.2. The van der Waals surface area contributed by atoms with Crippen LogP contribution in [0.2, 0.25) is 0 Å². The van der Waals surface area contributed by atoms with Gasteiger partial charge in [-0.25, -0.2) is 8.42 Å². The zero-order valence-corrected chi connectivity index (χ0v) is 24.8. The summed E-state index contributed by atoms with van der Waals surface area (Å²) in [5, 5.41) is 20.9. The van der Waals surface area contributed by atoms with Gasteiger partial charge in [0, 0.05) is 35.8 Å². The highest BCUT2D eigenvalue weighted by molar-refractivity contribution is 7.92. The minimum Gasteiger partial charge on any atom is -0.354 e. The number of nitro benzene ring substituents is 2. The molecule has 0 aliphatic rings. The summed E-state index contributed by atoms with van der Waals surface area (Å²) in [7, 11) is -7.01. The van der Waals surface area contributed by atoms with Crippen molar-refractivity contribution in [2.75, 3.05) is 10.6 Å². The fraction of sp³-hybridized carbons (Fsp3) is 0.138. The van der Waals surface area contributed by atoms with Crippen LogP contribution >= 0.6 is 0 Å². The third-order valence-corrected chi connectivity index (χ3v) is 8.41. The van der Waals surface area contributed by atoms with E-state index in [0.29, 0.717) is 11.6 Å². The molecule has 0 aliphatic carbocycles. The molecule has 11 nitrogen and oxygen atoms in total. The van der Waals surface area contributed by atoms with Gasteiger partial charge in [-0.3, -0.25) is 25.2 Å². The van der Waals surface area contributed by atoms with E-state index in [9.17, 15) is 59.4 Å². The highest BCUT2D eigenvalue weighted by atomic mass is 32.2. The Bertz CT molecular complexity index is 2000. The molecule has 0 radical (unpaired) electrons. The molecule has 4 aromatic rings. The van der Waals surface area contributed by atoms with Crippen LogP contribution in [0.15, 0.2) is 94.8 Å². The van der Waals surface area contributed by atoms with Crippen LogP contribution in [0.1, 0.15) is 11.1 Å². The lowest BCUT2D eigenvalue weighted by atomic mass is 10.2. The summed E-state index contributed by atoms with van der Waals surface area (Å²) in [5.74, 6) is -7.09. The number of benzene rings is 4. The van der Waals surface area contributed by atoms with Gasteiger partial charge in [0.1, 0.15) is 10.6 Å². The van der Waals surface area contributed by atoms with Crippen LogP contribution in [0.4, 0.5) is 70.5 Å². The van der Waals surface area contributed by atoms with Crippen LogP contribution in [0.25, 0.3) is 0 Å². The molecule has 0 bridgehead atoms. The van der Waals surface area contributed by atoms with Gasteiger partial charge in [-0.1, -0.05) is 29.8 Å². The van der Waals surface area contributed by atoms with Crippen molar-refractivity contribution >= 4 is 55.9 Å². The first-order valence-electron chi connectivity index (χ1n) is 13.1. The number of non-ortho nitro benzene ring substituents is 1. The molecule has 0 fully saturated rings. The van der Waals surface area contributed by atoms with Gasteiger partial charge in [-0.05, 0) is 55.0 Å². The average Bonchev–Trinajstić information content (AvgIpc) is 3.01. The number of aryl methyl sites for hydroxylation is 1. The fourth-order valence-corrected chi connectivity index (χ4v) is 5.45. The van der Waals surface area contributed by atoms with Gasteiger partial charge in [0.05, 0.1) is 21.2 Å². The molecule has 2 N–H and O–H groups in total. The Balaban J connectivity index is 1.81. The van der Waals surface area contributed by atoms with Crippen molar-refractivity contribution in [1.82, 2.24) is 0 Å². The Kier molecular flexibility index (Phi) is 9.48. The first kappa shape index (κ1) is 35.3. The minimum atomic E-state index is -7.09. The summed E-state index contributed by atoms with van der Waals surface area (Å²) in [6.45, 7) is 1.72. The van der Waals surface area contributed by atoms with Gasteiger partial charge in [0.2, 0.25) is 0 Å². The second-order valence-electron chi connectivity index (χ2n) is 9.99. The van der Waals surface area contributed by atoms with E-state index in [4.69, 9.17) is 0 Å². The molecular weight excluding hydrogens is 679 g/mol. The standard InChI is InChI=1S/C29H20F7N5O6S/c1-17-5-7-20(8-6-17)38-23-14-24(26(15-25(23)41(44)45)48(46,47)29(35,36)27(30,31)28(32,33)34)39-21-11-9-19(10-12-21)37-16-18-3-2-4-22(13-18)40(42)43/h2-16,38-39H,1H3. The van der Waals surface area contributed by atoms with Crippen molar-refractivity contribution in [1.29, 1.82) is 0 Å². The number of nitrogens with one attached hydrogen (secondary N) is 2. The van der Waals surface area contributed by atoms with Crippen molar-refractivity contribution < 1.29 is 49.0 Å². The molecule has 4 rings (SSSR count). The van der Waals surface area contributed by atoms with Gasteiger partial charge in [-0.15, -0.1) is 0 Å². The molecule has 0 saturated carbocycles. The van der Waals surface area contributed by atoms with Crippen LogP contribution < -0.4 is 10.6 Å². The molecule has 252 valence electrons. The number of rotatable bonds is 11. The van der Waals surface area contributed by atoms with Gasteiger partial charge in [-0.2, -0.15) is 30.7 Å². The topological polar surface area (TPSA) is 157 Å². The van der Waals surface area contributed by atoms with Gasteiger partial charge in [0.25, 0.3) is 21.2 Å². The lowest BCUT2D eigenvalue weighted by Crippen LogP contribution is -2.56. The Hall–Kier alpha value is -5.59. The summed E-state index contributed by atoms with van der Waals surface area (Å²) in [6, 6.07) is 17.0. The fourth-order valence-electron chi connectivity index (χ4n) is 4.06. The molecule has 0 heterocycles. The van der Waals surface area contributed by atoms with Crippen LogP contribution in [-0.2, 0) is 9.84 Å². The number of sulfone groups is 1. The normalized spacial score (nSPS) is 12.6. The predicted octanol–water partition coefficient (Wildman–Crippen LogP) is 8.61. The molecule has 0 spiro atoms. The SMILES string of the molecule is Cc1ccc(Nc2cc(Nc3ccc(N=Cc4cccc([N+](=O)[O-])c4)cc3)c(S(=O)(=O)C(F)(F)C(F)(F)C(F)(F)F)cc2[N+](=O)[O-])cc1. The second kappa shape index (κ2) is 12.9. The average molecular weight is 700 g/mol. The summed E-state index contributed by atoms with van der Waals surface area (Å²) in [6.07, 6.45) is -5.75. The molecule has 0 aliphatic heterocycles.